The number of halogens is 1. The van der Waals surface area contributed by atoms with Gasteiger partial charge in [-0.05, 0) is 44.9 Å². The van der Waals surface area contributed by atoms with Crippen molar-refractivity contribution in [2.24, 2.45) is 0 Å². The zero-order chi connectivity index (χ0) is 19.8. The summed E-state index contributed by atoms with van der Waals surface area (Å²) in [6.07, 6.45) is 0.905. The molecule has 0 saturated carbocycles. The number of hydrogen-bond acceptors (Lipinski definition) is 5. The highest BCUT2D eigenvalue weighted by molar-refractivity contribution is 7.98. The first-order valence-electron chi connectivity index (χ1n) is 9.28. The first-order chi connectivity index (χ1) is 13.0. The van der Waals surface area contributed by atoms with Crippen LogP contribution in [0, 0.1) is 0 Å². The summed E-state index contributed by atoms with van der Waals surface area (Å²) in [5, 5.41) is 4.07. The summed E-state index contributed by atoms with van der Waals surface area (Å²) in [4.78, 5) is 23.4. The summed E-state index contributed by atoms with van der Waals surface area (Å²) >= 11 is 7.69. The predicted molar refractivity (Wildman–Crippen MR) is 114 cm³/mol. The molecule has 0 fully saturated rings. The Labute approximate surface area is 170 Å². The van der Waals surface area contributed by atoms with Gasteiger partial charge in [-0.3, -0.25) is 4.79 Å². The van der Waals surface area contributed by atoms with Crippen LogP contribution in [0.25, 0.3) is 0 Å². The lowest BCUT2D eigenvalue weighted by molar-refractivity contribution is 0.0939. The number of benzene rings is 1. The fraction of sp³-hybridized carbons (Fsp3) is 0.450. The first-order valence-corrected chi connectivity index (χ1v) is 10.6. The molecule has 27 heavy (non-hydrogen) atoms. The topological polar surface area (TPSA) is 58.1 Å². The minimum atomic E-state index is -0.0426. The van der Waals surface area contributed by atoms with E-state index in [2.05, 4.69) is 41.0 Å². The van der Waals surface area contributed by atoms with Crippen LogP contribution in [0.1, 0.15) is 50.0 Å². The second-order valence-corrected chi connectivity index (χ2v) is 7.61. The van der Waals surface area contributed by atoms with Crippen molar-refractivity contribution in [2.75, 3.05) is 18.0 Å². The number of hydrogen-bond donors (Lipinski definition) is 1. The molecular weight excluding hydrogens is 380 g/mol. The van der Waals surface area contributed by atoms with Crippen molar-refractivity contribution in [1.82, 2.24) is 15.3 Å². The van der Waals surface area contributed by atoms with Gasteiger partial charge in [0.15, 0.2) is 5.16 Å². The Morgan fingerprint density at radius 2 is 1.96 bits per heavy atom. The standard InChI is InChI=1S/C20H27ClN4OS/c1-5-14(4)22-19(26)16-10-8-9-15(11-16)13-27-20-23-17(21)12-18(24-20)25(6-2)7-3/h8-12,14H,5-7,13H2,1-4H3,(H,22,26). The van der Waals surface area contributed by atoms with Crippen molar-refractivity contribution in [2.45, 2.75) is 51.1 Å². The van der Waals surface area contributed by atoms with E-state index in [1.165, 1.54) is 11.8 Å². The molecule has 1 N–H and O–H groups in total. The predicted octanol–water partition coefficient (Wildman–Crippen LogP) is 4.80. The van der Waals surface area contributed by atoms with Crippen LogP contribution in [0.5, 0.6) is 0 Å². The van der Waals surface area contributed by atoms with E-state index in [4.69, 9.17) is 11.6 Å². The molecule has 1 unspecified atom stereocenters. The fourth-order valence-electron chi connectivity index (χ4n) is 2.52. The third-order valence-corrected chi connectivity index (χ3v) is 5.41. The second-order valence-electron chi connectivity index (χ2n) is 6.28. The van der Waals surface area contributed by atoms with Crippen molar-refractivity contribution < 1.29 is 4.79 Å². The molecule has 5 nitrogen and oxygen atoms in total. The van der Waals surface area contributed by atoms with Gasteiger partial charge in [-0.15, -0.1) is 0 Å². The lowest BCUT2D eigenvalue weighted by Crippen LogP contribution is -2.31. The molecule has 1 amide bonds. The van der Waals surface area contributed by atoms with Crippen LogP contribution in [0.2, 0.25) is 5.15 Å². The zero-order valence-corrected chi connectivity index (χ0v) is 17.9. The van der Waals surface area contributed by atoms with Gasteiger partial charge in [0, 0.05) is 36.5 Å². The number of carbonyl (C=O) groups is 1. The van der Waals surface area contributed by atoms with E-state index in [0.29, 0.717) is 21.6 Å². The smallest absolute Gasteiger partial charge is 0.251 e. The fourth-order valence-corrected chi connectivity index (χ4v) is 3.54. The van der Waals surface area contributed by atoms with Crippen LogP contribution in [-0.2, 0) is 5.75 Å². The molecule has 1 aromatic heterocycles. The Balaban J connectivity index is 2.08. The van der Waals surface area contributed by atoms with E-state index in [9.17, 15) is 4.79 Å². The van der Waals surface area contributed by atoms with Crippen LogP contribution in [0.3, 0.4) is 0 Å². The Bertz CT molecular complexity index is 767. The van der Waals surface area contributed by atoms with Crippen LogP contribution in [0.15, 0.2) is 35.5 Å². The minimum Gasteiger partial charge on any atom is -0.357 e. The van der Waals surface area contributed by atoms with Gasteiger partial charge < -0.3 is 10.2 Å². The molecule has 0 saturated heterocycles. The third kappa shape index (κ3) is 6.40. The maximum Gasteiger partial charge on any atom is 0.251 e. The molecule has 2 rings (SSSR count). The van der Waals surface area contributed by atoms with Gasteiger partial charge in [-0.25, -0.2) is 9.97 Å². The van der Waals surface area contributed by atoms with Crippen LogP contribution in [0.4, 0.5) is 5.82 Å². The molecule has 1 atom stereocenters. The van der Waals surface area contributed by atoms with Gasteiger partial charge in [-0.2, -0.15) is 0 Å². The highest BCUT2D eigenvalue weighted by atomic mass is 35.5. The summed E-state index contributed by atoms with van der Waals surface area (Å²) in [7, 11) is 0. The normalized spacial score (nSPS) is 11.9. The first kappa shape index (κ1) is 21.5. The average Bonchev–Trinajstić information content (AvgIpc) is 2.67. The minimum absolute atomic E-state index is 0.0426. The number of nitrogens with one attached hydrogen (secondary N) is 1. The summed E-state index contributed by atoms with van der Waals surface area (Å²) in [6.45, 7) is 9.95. The van der Waals surface area contributed by atoms with Gasteiger partial charge in [0.2, 0.25) is 0 Å². The van der Waals surface area contributed by atoms with Crippen molar-refractivity contribution in [3.8, 4) is 0 Å². The van der Waals surface area contributed by atoms with Crippen molar-refractivity contribution in [3.63, 3.8) is 0 Å². The lowest BCUT2D eigenvalue weighted by atomic mass is 10.1. The lowest BCUT2D eigenvalue weighted by Gasteiger charge is -2.20. The van der Waals surface area contributed by atoms with Crippen molar-refractivity contribution in [3.05, 3.63) is 46.6 Å². The number of nitrogens with zero attached hydrogens (tertiary/aromatic N) is 3. The van der Waals surface area contributed by atoms with Crippen LogP contribution < -0.4 is 10.2 Å². The Kier molecular flexibility index (Phi) is 8.38. The van der Waals surface area contributed by atoms with E-state index >= 15 is 0 Å². The Hall–Kier alpha value is -1.79. The zero-order valence-electron chi connectivity index (χ0n) is 16.3. The van der Waals surface area contributed by atoms with E-state index in [1.807, 2.05) is 31.2 Å². The van der Waals surface area contributed by atoms with Gasteiger partial charge in [0.1, 0.15) is 11.0 Å². The van der Waals surface area contributed by atoms with Gasteiger partial charge in [0.25, 0.3) is 5.91 Å². The third-order valence-electron chi connectivity index (χ3n) is 4.30. The number of carbonyl (C=O) groups excluding carboxylic acids is 1. The molecule has 0 bridgehead atoms. The highest BCUT2D eigenvalue weighted by Crippen LogP contribution is 2.25. The Morgan fingerprint density at radius 1 is 1.22 bits per heavy atom. The number of aromatic nitrogens is 2. The molecule has 0 aliphatic heterocycles. The highest BCUT2D eigenvalue weighted by Gasteiger charge is 2.11. The quantitative estimate of drug-likeness (QED) is 0.368. The molecule has 0 radical (unpaired) electrons. The van der Waals surface area contributed by atoms with E-state index in [1.54, 1.807) is 6.07 Å². The van der Waals surface area contributed by atoms with Gasteiger partial charge >= 0.3 is 0 Å². The molecule has 1 aromatic carbocycles. The molecule has 0 aliphatic carbocycles. The largest absolute Gasteiger partial charge is 0.357 e. The molecule has 0 aliphatic rings. The molecule has 7 heteroatoms. The number of anilines is 1. The number of rotatable bonds is 9. The maximum absolute atomic E-state index is 12.3. The maximum atomic E-state index is 12.3. The van der Waals surface area contributed by atoms with Crippen LogP contribution in [-0.4, -0.2) is 35.0 Å². The molecule has 0 spiro atoms. The number of thioether (sulfide) groups is 1. The van der Waals surface area contributed by atoms with Crippen molar-refractivity contribution >= 4 is 35.1 Å². The summed E-state index contributed by atoms with van der Waals surface area (Å²) in [5.74, 6) is 1.46. The molecule has 2 aromatic rings. The summed E-state index contributed by atoms with van der Waals surface area (Å²) in [6, 6.07) is 9.61. The van der Waals surface area contributed by atoms with E-state index < -0.39 is 0 Å². The molecule has 1 heterocycles. The molecular formula is C20H27ClN4OS. The SMILES string of the molecule is CCC(C)NC(=O)c1cccc(CSc2nc(Cl)cc(N(CC)CC)n2)c1. The monoisotopic (exact) mass is 406 g/mol. The Morgan fingerprint density at radius 3 is 2.63 bits per heavy atom. The van der Waals surface area contributed by atoms with Gasteiger partial charge in [0.05, 0.1) is 0 Å². The van der Waals surface area contributed by atoms with Crippen LogP contribution >= 0.6 is 23.4 Å². The van der Waals surface area contributed by atoms with Crippen molar-refractivity contribution in [1.29, 1.82) is 0 Å². The summed E-state index contributed by atoms with van der Waals surface area (Å²) in [5.41, 5.74) is 1.72. The average molecular weight is 407 g/mol. The number of amides is 1. The second kappa shape index (κ2) is 10.5. The van der Waals surface area contributed by atoms with Gasteiger partial charge in [-0.1, -0.05) is 42.4 Å². The van der Waals surface area contributed by atoms with E-state index in [-0.39, 0.29) is 11.9 Å². The summed E-state index contributed by atoms with van der Waals surface area (Å²) < 4.78 is 0. The van der Waals surface area contributed by atoms with E-state index in [0.717, 1.165) is 30.9 Å². The molecule has 146 valence electrons.